The minimum absolute atomic E-state index is 0.263. The van der Waals surface area contributed by atoms with Crippen molar-refractivity contribution in [3.8, 4) is 0 Å². The number of rotatable bonds is 8. The first-order valence-corrected chi connectivity index (χ1v) is 8.30. The molecule has 0 aliphatic carbocycles. The lowest BCUT2D eigenvalue weighted by molar-refractivity contribution is 0.576. The Balaban J connectivity index is 2.80. The van der Waals surface area contributed by atoms with Crippen LogP contribution in [0.1, 0.15) is 31.7 Å². The maximum absolute atomic E-state index is 12.1. The first-order chi connectivity index (χ1) is 9.01. The molecule has 0 aromatic heterocycles. The molecule has 0 aliphatic heterocycles. The molecule has 0 fully saturated rings. The second-order valence-corrected chi connectivity index (χ2v) is 6.56. The zero-order chi connectivity index (χ0) is 14.3. The molecular weight excluding hydrogens is 284 g/mol. The normalized spacial score (nSPS) is 11.7. The Morgan fingerprint density at radius 3 is 2.63 bits per heavy atom. The summed E-state index contributed by atoms with van der Waals surface area (Å²) < 4.78 is 26.8. The monoisotopic (exact) mass is 304 g/mol. The second kappa shape index (κ2) is 7.85. The lowest BCUT2D eigenvalue weighted by atomic mass is 10.2. The summed E-state index contributed by atoms with van der Waals surface area (Å²) in [5, 5.41) is 3.53. The van der Waals surface area contributed by atoms with E-state index in [0.29, 0.717) is 18.1 Å². The van der Waals surface area contributed by atoms with Crippen molar-refractivity contribution in [2.45, 2.75) is 37.6 Å². The number of sulfonamides is 1. The molecule has 0 spiro atoms. The summed E-state index contributed by atoms with van der Waals surface area (Å²) in [7, 11) is -1.64. The lowest BCUT2D eigenvalue weighted by Gasteiger charge is -2.09. The van der Waals surface area contributed by atoms with E-state index in [9.17, 15) is 8.42 Å². The predicted molar refractivity (Wildman–Crippen MR) is 78.9 cm³/mol. The van der Waals surface area contributed by atoms with Gasteiger partial charge >= 0.3 is 0 Å². The first kappa shape index (κ1) is 16.4. The molecule has 1 aromatic rings. The smallest absolute Gasteiger partial charge is 0.240 e. The number of hydrogen-bond donors (Lipinski definition) is 2. The fourth-order valence-electron chi connectivity index (χ4n) is 1.71. The van der Waals surface area contributed by atoms with Gasteiger partial charge in [0.15, 0.2) is 0 Å². The largest absolute Gasteiger partial charge is 0.316 e. The van der Waals surface area contributed by atoms with Crippen LogP contribution in [0, 0.1) is 0 Å². The van der Waals surface area contributed by atoms with Gasteiger partial charge in [-0.05, 0) is 37.2 Å². The average Bonchev–Trinajstić information content (AvgIpc) is 2.37. The highest BCUT2D eigenvalue weighted by atomic mass is 35.5. The average molecular weight is 305 g/mol. The van der Waals surface area contributed by atoms with Gasteiger partial charge in [0.1, 0.15) is 0 Å². The Kier molecular flexibility index (Phi) is 6.79. The molecule has 0 heterocycles. The summed E-state index contributed by atoms with van der Waals surface area (Å²) >= 11 is 6.02. The van der Waals surface area contributed by atoms with Gasteiger partial charge in [-0.3, -0.25) is 0 Å². The van der Waals surface area contributed by atoms with Crippen LogP contribution in [0.4, 0.5) is 0 Å². The zero-order valence-corrected chi connectivity index (χ0v) is 12.9. The van der Waals surface area contributed by atoms with Crippen molar-refractivity contribution in [2.24, 2.45) is 0 Å². The fourth-order valence-corrected chi connectivity index (χ4v) is 3.02. The van der Waals surface area contributed by atoms with E-state index in [1.54, 1.807) is 19.2 Å². The molecule has 0 atom stereocenters. The van der Waals surface area contributed by atoms with E-state index in [1.165, 1.54) is 6.07 Å². The Labute approximate surface area is 120 Å². The highest BCUT2D eigenvalue weighted by Gasteiger charge is 2.14. The number of halogens is 1. The third kappa shape index (κ3) is 5.10. The van der Waals surface area contributed by atoms with E-state index < -0.39 is 10.0 Å². The quantitative estimate of drug-likeness (QED) is 0.726. The van der Waals surface area contributed by atoms with Crippen LogP contribution in [0.15, 0.2) is 23.1 Å². The van der Waals surface area contributed by atoms with E-state index >= 15 is 0 Å². The van der Waals surface area contributed by atoms with Crippen molar-refractivity contribution in [1.29, 1.82) is 0 Å². The second-order valence-electron chi connectivity index (χ2n) is 4.39. The van der Waals surface area contributed by atoms with Crippen LogP contribution in [0.25, 0.3) is 0 Å². The van der Waals surface area contributed by atoms with Gasteiger partial charge in [0, 0.05) is 18.1 Å². The molecule has 0 radical (unpaired) electrons. The van der Waals surface area contributed by atoms with Crippen LogP contribution < -0.4 is 10.0 Å². The van der Waals surface area contributed by atoms with Crippen LogP contribution >= 0.6 is 11.6 Å². The fraction of sp³-hybridized carbons (Fsp3) is 0.538. The summed E-state index contributed by atoms with van der Waals surface area (Å²) in [4.78, 5) is 0.263. The maximum atomic E-state index is 12.1. The van der Waals surface area contributed by atoms with Crippen molar-refractivity contribution in [3.05, 3.63) is 28.8 Å². The molecule has 0 saturated heterocycles. The van der Waals surface area contributed by atoms with Crippen LogP contribution in [-0.4, -0.2) is 22.0 Å². The van der Waals surface area contributed by atoms with Crippen molar-refractivity contribution in [2.75, 3.05) is 13.6 Å². The Morgan fingerprint density at radius 1 is 1.26 bits per heavy atom. The Bertz CT molecular complexity index is 503. The summed E-state index contributed by atoms with van der Waals surface area (Å²) in [5.74, 6) is 0. The van der Waals surface area contributed by atoms with E-state index in [-0.39, 0.29) is 4.90 Å². The Morgan fingerprint density at radius 2 is 2.00 bits per heavy atom. The molecule has 0 aliphatic rings. The van der Waals surface area contributed by atoms with Gasteiger partial charge < -0.3 is 5.32 Å². The van der Waals surface area contributed by atoms with Crippen LogP contribution in [0.2, 0.25) is 5.02 Å². The molecule has 19 heavy (non-hydrogen) atoms. The topological polar surface area (TPSA) is 58.2 Å². The van der Waals surface area contributed by atoms with Crippen molar-refractivity contribution >= 4 is 21.6 Å². The third-order valence-corrected chi connectivity index (χ3v) is 4.59. The van der Waals surface area contributed by atoms with Crippen LogP contribution in [0.3, 0.4) is 0 Å². The van der Waals surface area contributed by atoms with Gasteiger partial charge in [-0.2, -0.15) is 0 Å². The minimum Gasteiger partial charge on any atom is -0.316 e. The van der Waals surface area contributed by atoms with Gasteiger partial charge in [-0.1, -0.05) is 31.4 Å². The van der Waals surface area contributed by atoms with Gasteiger partial charge in [0.2, 0.25) is 10.0 Å². The standard InChI is InChI=1S/C13H21ClN2O2S/c1-3-4-5-8-16-19(17,18)12-6-7-13(14)11(9-12)10-15-2/h6-7,9,15-16H,3-5,8,10H2,1-2H3. The van der Waals surface area contributed by atoms with E-state index in [4.69, 9.17) is 11.6 Å². The molecule has 108 valence electrons. The van der Waals surface area contributed by atoms with E-state index in [1.807, 2.05) is 0 Å². The molecule has 2 N–H and O–H groups in total. The molecule has 1 aromatic carbocycles. The first-order valence-electron chi connectivity index (χ1n) is 6.44. The predicted octanol–water partition coefficient (Wildman–Crippen LogP) is 2.53. The number of benzene rings is 1. The summed E-state index contributed by atoms with van der Waals surface area (Å²) in [6.45, 7) is 3.09. The molecule has 0 saturated carbocycles. The SMILES string of the molecule is CCCCCNS(=O)(=O)c1ccc(Cl)c(CNC)c1. The summed E-state index contributed by atoms with van der Waals surface area (Å²) in [6.07, 6.45) is 2.94. The van der Waals surface area contributed by atoms with E-state index in [0.717, 1.165) is 24.8 Å². The molecular formula is C13H21ClN2O2S. The van der Waals surface area contributed by atoms with Gasteiger partial charge in [-0.15, -0.1) is 0 Å². The van der Waals surface area contributed by atoms with Gasteiger partial charge in [0.25, 0.3) is 0 Å². The molecule has 4 nitrogen and oxygen atoms in total. The van der Waals surface area contributed by atoms with Crippen LogP contribution in [-0.2, 0) is 16.6 Å². The summed E-state index contributed by atoms with van der Waals surface area (Å²) in [6, 6.07) is 4.76. The minimum atomic E-state index is -3.43. The zero-order valence-electron chi connectivity index (χ0n) is 11.4. The van der Waals surface area contributed by atoms with Crippen molar-refractivity contribution in [1.82, 2.24) is 10.0 Å². The lowest BCUT2D eigenvalue weighted by Crippen LogP contribution is -2.25. The Hall–Kier alpha value is -0.620. The third-order valence-electron chi connectivity index (χ3n) is 2.77. The number of unbranched alkanes of at least 4 members (excludes halogenated alkanes) is 2. The number of nitrogens with one attached hydrogen (secondary N) is 2. The van der Waals surface area contributed by atoms with Crippen molar-refractivity contribution < 1.29 is 8.42 Å². The number of hydrogen-bond acceptors (Lipinski definition) is 3. The molecule has 1 rings (SSSR count). The maximum Gasteiger partial charge on any atom is 0.240 e. The highest BCUT2D eigenvalue weighted by molar-refractivity contribution is 7.89. The molecule has 0 bridgehead atoms. The highest BCUT2D eigenvalue weighted by Crippen LogP contribution is 2.20. The van der Waals surface area contributed by atoms with Gasteiger partial charge in [0.05, 0.1) is 4.90 Å². The molecule has 6 heteroatoms. The van der Waals surface area contributed by atoms with Gasteiger partial charge in [-0.25, -0.2) is 13.1 Å². The van der Waals surface area contributed by atoms with Crippen molar-refractivity contribution in [3.63, 3.8) is 0 Å². The van der Waals surface area contributed by atoms with E-state index in [2.05, 4.69) is 17.0 Å². The molecule has 0 unspecified atom stereocenters. The summed E-state index contributed by atoms with van der Waals surface area (Å²) in [5.41, 5.74) is 0.778. The molecule has 0 amide bonds. The van der Waals surface area contributed by atoms with Crippen LogP contribution in [0.5, 0.6) is 0 Å².